The zero-order valence-corrected chi connectivity index (χ0v) is 21.7. The van der Waals surface area contributed by atoms with Gasteiger partial charge in [-0.1, -0.05) is 47.5 Å². The zero-order valence-electron chi connectivity index (χ0n) is 20.2. The maximum Gasteiger partial charge on any atom is 0.327 e. The first-order valence-electron chi connectivity index (χ1n) is 12.2. The van der Waals surface area contributed by atoms with E-state index in [9.17, 15) is 9.59 Å². The van der Waals surface area contributed by atoms with Crippen molar-refractivity contribution in [2.45, 2.75) is 24.8 Å². The third-order valence-electron chi connectivity index (χ3n) is 6.93. The van der Waals surface area contributed by atoms with Gasteiger partial charge in [0.25, 0.3) is 0 Å². The molecule has 2 amide bonds. The van der Waals surface area contributed by atoms with Crippen LogP contribution in [0, 0.1) is 0 Å². The number of Topliss-reactive ketones (excluding diaryl/α,β-unsaturated/α-hetero) is 1. The Hall–Kier alpha value is -4.00. The van der Waals surface area contributed by atoms with E-state index >= 15 is 0 Å². The lowest BCUT2D eigenvalue weighted by atomic mass is 9.80. The van der Waals surface area contributed by atoms with Crippen molar-refractivity contribution in [3.63, 3.8) is 0 Å². The summed E-state index contributed by atoms with van der Waals surface area (Å²) in [5.41, 5.74) is 4.07. The fourth-order valence-electron chi connectivity index (χ4n) is 5.22. The number of furan rings is 1. The smallest absolute Gasteiger partial charge is 0.327 e. The lowest BCUT2D eigenvalue weighted by Crippen LogP contribution is -2.41. The third-order valence-corrected chi connectivity index (χ3v) is 7.44. The number of ketones is 1. The van der Waals surface area contributed by atoms with E-state index in [-0.39, 0.29) is 24.2 Å². The Balaban J connectivity index is 1.51. The van der Waals surface area contributed by atoms with Gasteiger partial charge in [-0.15, -0.1) is 0 Å². The number of nitrogens with zero attached hydrogens (tertiary/aromatic N) is 1. The summed E-state index contributed by atoms with van der Waals surface area (Å²) in [6.45, 7) is 0. The van der Waals surface area contributed by atoms with Gasteiger partial charge in [-0.05, 0) is 72.6 Å². The van der Waals surface area contributed by atoms with Gasteiger partial charge in [0.15, 0.2) is 5.78 Å². The van der Waals surface area contributed by atoms with E-state index in [0.29, 0.717) is 33.4 Å². The SMILES string of the molecule is O=C1C[C@H](c2ccco2)CC2=C1[C@@H](c1ccc(Cl)cc1)N(C(=O)Nc1ccc(Cl)cc1)c1ccccc1N2. The topological polar surface area (TPSA) is 74.6 Å². The molecule has 0 fully saturated rings. The van der Waals surface area contributed by atoms with Crippen molar-refractivity contribution in [1.82, 2.24) is 0 Å². The molecule has 38 heavy (non-hydrogen) atoms. The van der Waals surface area contributed by atoms with E-state index in [2.05, 4.69) is 10.6 Å². The Labute approximate surface area is 229 Å². The molecule has 0 bridgehead atoms. The Bertz CT molecular complexity index is 1530. The Morgan fingerprint density at radius 3 is 2.32 bits per heavy atom. The van der Waals surface area contributed by atoms with Gasteiger partial charge in [-0.2, -0.15) is 0 Å². The van der Waals surface area contributed by atoms with Gasteiger partial charge in [0.1, 0.15) is 5.76 Å². The maximum absolute atomic E-state index is 14.0. The van der Waals surface area contributed by atoms with Gasteiger partial charge in [-0.25, -0.2) is 4.79 Å². The molecule has 8 heteroatoms. The van der Waals surface area contributed by atoms with Crippen molar-refractivity contribution in [2.75, 3.05) is 15.5 Å². The molecule has 2 atom stereocenters. The number of fused-ring (bicyclic) bond motifs is 1. The van der Waals surface area contributed by atoms with Gasteiger partial charge < -0.3 is 15.1 Å². The van der Waals surface area contributed by atoms with Gasteiger partial charge in [0, 0.05) is 39.3 Å². The van der Waals surface area contributed by atoms with Crippen LogP contribution in [0.4, 0.5) is 21.9 Å². The molecule has 1 aliphatic carbocycles. The van der Waals surface area contributed by atoms with Gasteiger partial charge >= 0.3 is 6.03 Å². The number of amides is 2. The first-order valence-corrected chi connectivity index (χ1v) is 13.0. The van der Waals surface area contributed by atoms with Crippen LogP contribution in [-0.2, 0) is 4.79 Å². The second kappa shape index (κ2) is 10.0. The quantitative estimate of drug-likeness (QED) is 0.273. The number of nitrogens with one attached hydrogen (secondary N) is 2. The molecular formula is C30H23Cl2N3O3. The number of allylic oxidation sites excluding steroid dienone is 1. The largest absolute Gasteiger partial charge is 0.469 e. The molecule has 6 rings (SSSR count). The van der Waals surface area contributed by atoms with Crippen LogP contribution >= 0.6 is 23.2 Å². The van der Waals surface area contributed by atoms with Crippen LogP contribution in [0.1, 0.15) is 36.1 Å². The number of hydrogen-bond acceptors (Lipinski definition) is 4. The zero-order chi connectivity index (χ0) is 26.2. The summed E-state index contributed by atoms with van der Waals surface area (Å²) >= 11 is 12.3. The molecule has 0 radical (unpaired) electrons. The van der Waals surface area contributed by atoms with Gasteiger partial charge in [0.2, 0.25) is 0 Å². The van der Waals surface area contributed by atoms with E-state index in [4.69, 9.17) is 27.6 Å². The lowest BCUT2D eigenvalue weighted by molar-refractivity contribution is -0.116. The fourth-order valence-corrected chi connectivity index (χ4v) is 5.47. The van der Waals surface area contributed by atoms with Crippen LogP contribution in [0.3, 0.4) is 0 Å². The minimum atomic E-state index is -0.684. The van der Waals surface area contributed by atoms with E-state index in [1.165, 1.54) is 0 Å². The van der Waals surface area contributed by atoms with Crippen molar-refractivity contribution in [2.24, 2.45) is 0 Å². The fraction of sp³-hybridized carbons (Fsp3) is 0.133. The molecule has 0 saturated carbocycles. The second-order valence-corrected chi connectivity index (χ2v) is 10.2. The molecule has 0 spiro atoms. The molecule has 4 aromatic rings. The van der Waals surface area contributed by atoms with E-state index in [1.807, 2.05) is 48.5 Å². The van der Waals surface area contributed by atoms with Crippen molar-refractivity contribution < 1.29 is 14.0 Å². The standard InChI is InChI=1S/C30H23Cl2N3O3/c31-20-9-7-18(8-10-20)29-28-24(16-19(17-26(28)36)27-6-3-15-38-27)34-23-4-1-2-5-25(23)35(29)30(37)33-22-13-11-21(32)12-14-22/h1-15,19,29,34H,16-17H2,(H,33,37)/t19-,29-/m1/s1. The highest BCUT2D eigenvalue weighted by Gasteiger charge is 2.42. The molecule has 2 N–H and O–H groups in total. The van der Waals surface area contributed by atoms with Crippen molar-refractivity contribution in [3.8, 4) is 0 Å². The predicted octanol–water partition coefficient (Wildman–Crippen LogP) is 8.19. The van der Waals surface area contributed by atoms with Gasteiger partial charge in [-0.3, -0.25) is 9.69 Å². The highest BCUT2D eigenvalue weighted by atomic mass is 35.5. The molecule has 2 heterocycles. The molecule has 3 aromatic carbocycles. The Kier molecular flexibility index (Phi) is 6.44. The highest BCUT2D eigenvalue weighted by Crippen LogP contribution is 2.47. The lowest BCUT2D eigenvalue weighted by Gasteiger charge is -2.34. The monoisotopic (exact) mass is 543 g/mol. The number of hydrogen-bond donors (Lipinski definition) is 2. The minimum absolute atomic E-state index is 0.0443. The van der Waals surface area contributed by atoms with Gasteiger partial charge in [0.05, 0.1) is 23.7 Å². The predicted molar refractivity (Wildman–Crippen MR) is 150 cm³/mol. The normalized spacial score (nSPS) is 18.8. The second-order valence-electron chi connectivity index (χ2n) is 9.34. The van der Waals surface area contributed by atoms with E-state index < -0.39 is 6.04 Å². The molecule has 0 saturated heterocycles. The summed E-state index contributed by atoms with van der Waals surface area (Å²) in [6, 6.07) is 24.4. The molecule has 0 unspecified atom stereocenters. The summed E-state index contributed by atoms with van der Waals surface area (Å²) in [5, 5.41) is 7.63. The van der Waals surface area contributed by atoms with Crippen molar-refractivity contribution in [1.29, 1.82) is 0 Å². The number of para-hydroxylation sites is 2. The minimum Gasteiger partial charge on any atom is -0.469 e. The number of rotatable bonds is 3. The Morgan fingerprint density at radius 1 is 0.895 bits per heavy atom. The molecule has 1 aliphatic heterocycles. The number of urea groups is 1. The first-order chi connectivity index (χ1) is 18.5. The summed E-state index contributed by atoms with van der Waals surface area (Å²) in [7, 11) is 0. The number of halogens is 2. The van der Waals surface area contributed by atoms with Crippen LogP contribution in [-0.4, -0.2) is 11.8 Å². The van der Waals surface area contributed by atoms with Crippen LogP contribution in [0.5, 0.6) is 0 Å². The van der Waals surface area contributed by atoms with Crippen LogP contribution in [0.2, 0.25) is 10.0 Å². The van der Waals surface area contributed by atoms with Crippen LogP contribution in [0.15, 0.2) is 107 Å². The number of benzene rings is 3. The summed E-state index contributed by atoms with van der Waals surface area (Å²) in [6.07, 6.45) is 2.47. The maximum atomic E-state index is 14.0. The van der Waals surface area contributed by atoms with Crippen LogP contribution < -0.4 is 15.5 Å². The molecule has 190 valence electrons. The van der Waals surface area contributed by atoms with Crippen molar-refractivity contribution >= 4 is 52.1 Å². The average molecular weight is 544 g/mol. The molecule has 6 nitrogen and oxygen atoms in total. The first kappa shape index (κ1) is 24.3. The number of anilines is 3. The molecule has 1 aromatic heterocycles. The summed E-state index contributed by atoms with van der Waals surface area (Å²) in [4.78, 5) is 29.6. The van der Waals surface area contributed by atoms with Crippen LogP contribution in [0.25, 0.3) is 0 Å². The average Bonchev–Trinajstić information content (AvgIpc) is 3.41. The summed E-state index contributed by atoms with van der Waals surface area (Å²) in [5.74, 6) is 0.623. The third kappa shape index (κ3) is 4.57. The molecular weight excluding hydrogens is 521 g/mol. The van der Waals surface area contributed by atoms with Crippen molar-refractivity contribution in [3.05, 3.63) is 124 Å². The van der Waals surface area contributed by atoms with E-state index in [1.54, 1.807) is 47.6 Å². The number of carbonyl (C=O) groups excluding carboxylic acids is 2. The Morgan fingerprint density at radius 2 is 1.61 bits per heavy atom. The summed E-state index contributed by atoms with van der Waals surface area (Å²) < 4.78 is 5.66. The highest BCUT2D eigenvalue weighted by molar-refractivity contribution is 6.31. The molecule has 2 aliphatic rings. The number of carbonyl (C=O) groups is 2. The van der Waals surface area contributed by atoms with E-state index in [0.717, 1.165) is 22.7 Å².